The smallest absolute Gasteiger partial charge is 0.245 e. The van der Waals surface area contributed by atoms with Crippen molar-refractivity contribution in [3.05, 3.63) is 72.3 Å². The van der Waals surface area contributed by atoms with E-state index in [4.69, 9.17) is 4.74 Å². The van der Waals surface area contributed by atoms with E-state index in [1.54, 1.807) is 35.3 Å². The first-order valence-electron chi connectivity index (χ1n) is 8.36. The highest BCUT2D eigenvalue weighted by Crippen LogP contribution is 2.42. The molecule has 0 spiro atoms. The molecule has 26 heavy (non-hydrogen) atoms. The summed E-state index contributed by atoms with van der Waals surface area (Å²) < 4.78 is 33.7. The number of benzene rings is 3. The molecular formula is C20H19NO3S2. The number of methoxy groups -OCH3 is 1. The van der Waals surface area contributed by atoms with E-state index in [-0.39, 0.29) is 5.37 Å². The summed E-state index contributed by atoms with van der Waals surface area (Å²) >= 11 is 1.65. The predicted octanol–water partition coefficient (Wildman–Crippen LogP) is 4.28. The molecule has 6 heteroatoms. The fraction of sp³-hybridized carbons (Fsp3) is 0.200. The quantitative estimate of drug-likeness (QED) is 0.672. The SMILES string of the molecule is COc1ccc(C2SCCN2S(=O)(=O)c2cccc3ccccc23)cc1. The lowest BCUT2D eigenvalue weighted by Crippen LogP contribution is -2.30. The van der Waals surface area contributed by atoms with E-state index in [9.17, 15) is 8.42 Å². The molecule has 3 aromatic carbocycles. The second kappa shape index (κ2) is 6.95. The van der Waals surface area contributed by atoms with Crippen LogP contribution in [0.2, 0.25) is 0 Å². The van der Waals surface area contributed by atoms with Gasteiger partial charge >= 0.3 is 0 Å². The second-order valence-corrected chi connectivity index (χ2v) is 9.14. The van der Waals surface area contributed by atoms with Crippen LogP contribution in [-0.2, 0) is 10.0 Å². The van der Waals surface area contributed by atoms with Crippen LogP contribution < -0.4 is 4.74 Å². The Balaban J connectivity index is 1.76. The Bertz CT molecular complexity index is 1030. The van der Waals surface area contributed by atoms with Crippen LogP contribution in [0.25, 0.3) is 10.8 Å². The average Bonchev–Trinajstić information content (AvgIpc) is 3.18. The van der Waals surface area contributed by atoms with Crippen LogP contribution in [-0.4, -0.2) is 32.1 Å². The topological polar surface area (TPSA) is 46.6 Å². The molecule has 0 bridgehead atoms. The molecular weight excluding hydrogens is 366 g/mol. The Morgan fingerprint density at radius 3 is 2.50 bits per heavy atom. The number of sulfonamides is 1. The van der Waals surface area contributed by atoms with Gasteiger partial charge in [0.1, 0.15) is 5.75 Å². The molecule has 134 valence electrons. The van der Waals surface area contributed by atoms with E-state index >= 15 is 0 Å². The minimum atomic E-state index is -3.60. The van der Waals surface area contributed by atoms with Gasteiger partial charge in [-0.05, 0) is 29.1 Å². The monoisotopic (exact) mass is 385 g/mol. The van der Waals surface area contributed by atoms with Gasteiger partial charge in [-0.3, -0.25) is 0 Å². The summed E-state index contributed by atoms with van der Waals surface area (Å²) in [6, 6.07) is 20.7. The second-order valence-electron chi connectivity index (χ2n) is 6.09. The van der Waals surface area contributed by atoms with Crippen molar-refractivity contribution >= 4 is 32.6 Å². The lowest BCUT2D eigenvalue weighted by molar-refractivity contribution is 0.413. The highest BCUT2D eigenvalue weighted by molar-refractivity contribution is 8.01. The van der Waals surface area contributed by atoms with Crippen LogP contribution >= 0.6 is 11.8 Å². The van der Waals surface area contributed by atoms with Gasteiger partial charge in [0, 0.05) is 17.7 Å². The van der Waals surface area contributed by atoms with Gasteiger partial charge in [-0.15, -0.1) is 11.8 Å². The lowest BCUT2D eigenvalue weighted by atomic mass is 10.1. The Labute approximate surface area is 157 Å². The van der Waals surface area contributed by atoms with Crippen molar-refractivity contribution in [1.29, 1.82) is 0 Å². The van der Waals surface area contributed by atoms with Gasteiger partial charge in [-0.25, -0.2) is 8.42 Å². The first-order valence-corrected chi connectivity index (χ1v) is 10.9. The third kappa shape index (κ3) is 2.98. The summed E-state index contributed by atoms with van der Waals surface area (Å²) in [5.41, 5.74) is 0.970. The maximum atomic E-state index is 13.4. The third-order valence-electron chi connectivity index (χ3n) is 4.59. The molecule has 0 aliphatic carbocycles. The van der Waals surface area contributed by atoms with Crippen LogP contribution in [0.15, 0.2) is 71.6 Å². The standard InChI is InChI=1S/C20H19NO3S2/c1-24-17-11-9-16(10-12-17)20-21(13-14-25-20)26(22,23)19-8-4-6-15-5-2-3-7-18(15)19/h2-12,20H,13-14H2,1H3. The zero-order valence-corrected chi connectivity index (χ0v) is 16.0. The number of thioether (sulfide) groups is 1. The predicted molar refractivity (Wildman–Crippen MR) is 106 cm³/mol. The van der Waals surface area contributed by atoms with Crippen molar-refractivity contribution < 1.29 is 13.2 Å². The highest BCUT2D eigenvalue weighted by Gasteiger charge is 2.37. The number of nitrogens with zero attached hydrogens (tertiary/aromatic N) is 1. The largest absolute Gasteiger partial charge is 0.497 e. The summed E-state index contributed by atoms with van der Waals surface area (Å²) in [5.74, 6) is 1.54. The normalized spacial score (nSPS) is 18.3. The Hall–Kier alpha value is -2.02. The fourth-order valence-electron chi connectivity index (χ4n) is 3.28. The highest BCUT2D eigenvalue weighted by atomic mass is 32.2. The van der Waals surface area contributed by atoms with Gasteiger partial charge in [0.15, 0.2) is 0 Å². The molecule has 0 amide bonds. The van der Waals surface area contributed by atoms with E-state index < -0.39 is 10.0 Å². The van der Waals surface area contributed by atoms with Crippen molar-refractivity contribution in [2.45, 2.75) is 10.3 Å². The molecule has 1 aliphatic rings. The molecule has 3 aromatic rings. The van der Waals surface area contributed by atoms with E-state index in [2.05, 4.69) is 0 Å². The molecule has 1 heterocycles. The molecule has 4 nitrogen and oxygen atoms in total. The Morgan fingerprint density at radius 2 is 1.73 bits per heavy atom. The summed E-state index contributed by atoms with van der Waals surface area (Å²) in [4.78, 5) is 0.372. The van der Waals surface area contributed by atoms with Gasteiger partial charge in [0.2, 0.25) is 10.0 Å². The van der Waals surface area contributed by atoms with Gasteiger partial charge in [0.05, 0.1) is 17.4 Å². The molecule has 0 aromatic heterocycles. The van der Waals surface area contributed by atoms with Crippen LogP contribution in [0, 0.1) is 0 Å². The zero-order valence-electron chi connectivity index (χ0n) is 14.3. The maximum Gasteiger partial charge on any atom is 0.245 e. The van der Waals surface area contributed by atoms with Crippen LogP contribution in [0.3, 0.4) is 0 Å². The molecule has 4 rings (SSSR count). The van der Waals surface area contributed by atoms with Crippen LogP contribution in [0.5, 0.6) is 5.75 Å². The van der Waals surface area contributed by atoms with Crippen LogP contribution in [0.4, 0.5) is 0 Å². The van der Waals surface area contributed by atoms with E-state index in [1.807, 2.05) is 54.6 Å². The minimum absolute atomic E-state index is 0.218. The van der Waals surface area contributed by atoms with Gasteiger partial charge in [-0.2, -0.15) is 4.31 Å². The minimum Gasteiger partial charge on any atom is -0.497 e. The third-order valence-corrected chi connectivity index (χ3v) is 7.90. The summed E-state index contributed by atoms with van der Waals surface area (Å²) in [5, 5.41) is 1.48. The van der Waals surface area contributed by atoms with E-state index in [0.29, 0.717) is 11.4 Å². The van der Waals surface area contributed by atoms with Crippen molar-refractivity contribution in [1.82, 2.24) is 4.31 Å². The summed E-state index contributed by atoms with van der Waals surface area (Å²) in [6.45, 7) is 0.507. The number of hydrogen-bond acceptors (Lipinski definition) is 4. The lowest BCUT2D eigenvalue weighted by Gasteiger charge is -2.24. The molecule has 1 unspecified atom stereocenters. The summed E-state index contributed by atoms with van der Waals surface area (Å²) in [7, 11) is -1.98. The first kappa shape index (κ1) is 17.4. The maximum absolute atomic E-state index is 13.4. The van der Waals surface area contributed by atoms with Gasteiger partial charge < -0.3 is 4.74 Å². The molecule has 0 radical (unpaired) electrons. The molecule has 1 fully saturated rings. The molecule has 1 atom stereocenters. The number of ether oxygens (including phenoxy) is 1. The molecule has 0 saturated carbocycles. The first-order chi connectivity index (χ1) is 12.6. The molecule has 1 aliphatic heterocycles. The number of hydrogen-bond donors (Lipinski definition) is 0. The summed E-state index contributed by atoms with van der Waals surface area (Å²) in [6.07, 6.45) is 0. The zero-order chi connectivity index (χ0) is 18.1. The van der Waals surface area contributed by atoms with Crippen LogP contribution in [0.1, 0.15) is 10.9 Å². The van der Waals surface area contributed by atoms with E-state index in [1.165, 1.54) is 0 Å². The van der Waals surface area contributed by atoms with Crippen molar-refractivity contribution in [3.8, 4) is 5.75 Å². The van der Waals surface area contributed by atoms with Crippen molar-refractivity contribution in [3.63, 3.8) is 0 Å². The Morgan fingerprint density at radius 1 is 1.00 bits per heavy atom. The van der Waals surface area contributed by atoms with Crippen molar-refractivity contribution in [2.75, 3.05) is 19.4 Å². The Kier molecular flexibility index (Phi) is 4.65. The molecule has 0 N–H and O–H groups in total. The fourth-order valence-corrected chi connectivity index (χ4v) is 6.74. The van der Waals surface area contributed by atoms with Gasteiger partial charge in [0.25, 0.3) is 0 Å². The average molecular weight is 386 g/mol. The molecule has 1 saturated heterocycles. The van der Waals surface area contributed by atoms with Crippen molar-refractivity contribution in [2.24, 2.45) is 0 Å². The van der Waals surface area contributed by atoms with Gasteiger partial charge in [-0.1, -0.05) is 48.5 Å². The van der Waals surface area contributed by atoms with E-state index in [0.717, 1.165) is 27.8 Å². The number of rotatable bonds is 4. The number of fused-ring (bicyclic) bond motifs is 1.